The number of phosphoric ester groups is 1. The summed E-state index contributed by atoms with van der Waals surface area (Å²) in [6.07, 6.45) is -4.36. The minimum atomic E-state index is -4.73. The average molecular weight is 672 g/mol. The number of nitrogens with two attached hydrogens (primary N) is 2. The van der Waals surface area contributed by atoms with Gasteiger partial charge in [-0.15, -0.1) is 9.05 Å². The van der Waals surface area contributed by atoms with Crippen LogP contribution in [0.15, 0.2) is 17.4 Å². The third-order valence-electron chi connectivity index (χ3n) is 7.32. The van der Waals surface area contributed by atoms with E-state index in [0.717, 1.165) is 11.5 Å². The summed E-state index contributed by atoms with van der Waals surface area (Å²) in [7, 11) is -6.25. The van der Waals surface area contributed by atoms with Crippen LogP contribution >= 0.6 is 27.6 Å². The standard InChI is InChI=1S/C21H23N9O11P2S/c1-35-14-10-4-37-43(33,34)41-7-2-8(16-11-12(29-44-16)17(22)25-5-24-11)38-9(7)3-36-42(32)40-15(14)20(39-10)30-6-26-13-18(30)27-21(23)28-19(13)31/h5-10,14-15,20H,2-4H2,1H3,(H5-,22,23,24,25,27,28,31,33,34)/p+1/t7-,8+,9+,10+,14+,15+,20+/m0/s1. The molecule has 23 heteroatoms. The van der Waals surface area contributed by atoms with Crippen LogP contribution in [-0.4, -0.2) is 89.6 Å². The summed E-state index contributed by atoms with van der Waals surface area (Å²) < 4.78 is 71.9. The molecule has 20 nitrogen and oxygen atoms in total. The molecular formula is C21H24N9O11P2S+. The number of nitrogen functional groups attached to an aromatic ring is 2. The van der Waals surface area contributed by atoms with Crippen molar-refractivity contribution in [3.63, 3.8) is 0 Å². The van der Waals surface area contributed by atoms with Crippen LogP contribution in [0.1, 0.15) is 23.6 Å². The highest BCUT2D eigenvalue weighted by Crippen LogP contribution is 2.52. The molecule has 44 heavy (non-hydrogen) atoms. The van der Waals surface area contributed by atoms with Crippen LogP contribution in [-0.2, 0) is 41.4 Å². The number of nitrogens with zero attached hydrogens (tertiary/aromatic N) is 6. The Kier molecular flexibility index (Phi) is 7.66. The molecular weight excluding hydrogens is 648 g/mol. The maximum atomic E-state index is 13.2. The molecule has 3 aliphatic heterocycles. The molecule has 0 saturated carbocycles. The number of ether oxygens (including phenoxy) is 3. The predicted octanol–water partition coefficient (Wildman–Crippen LogP) is 0.701. The Morgan fingerprint density at radius 1 is 1.16 bits per heavy atom. The number of H-pyrrole nitrogens is 1. The molecule has 3 fully saturated rings. The van der Waals surface area contributed by atoms with Crippen LogP contribution < -0.4 is 17.0 Å². The Balaban J connectivity index is 1.18. The van der Waals surface area contributed by atoms with E-state index in [1.54, 1.807) is 0 Å². The lowest BCUT2D eigenvalue weighted by Gasteiger charge is -2.22. The number of anilines is 2. The summed E-state index contributed by atoms with van der Waals surface area (Å²) >= 11 is 1.09. The van der Waals surface area contributed by atoms with Gasteiger partial charge in [0.15, 0.2) is 29.3 Å². The van der Waals surface area contributed by atoms with Gasteiger partial charge in [0.1, 0.15) is 48.4 Å². The van der Waals surface area contributed by atoms with Gasteiger partial charge in [0.25, 0.3) is 5.56 Å². The molecule has 3 aliphatic rings. The molecule has 0 aromatic carbocycles. The van der Waals surface area contributed by atoms with Crippen LogP contribution in [0.25, 0.3) is 22.2 Å². The number of aromatic nitrogens is 7. The summed E-state index contributed by atoms with van der Waals surface area (Å²) in [5.41, 5.74) is 11.9. The molecule has 3 saturated heterocycles. The maximum absolute atomic E-state index is 13.2. The Bertz CT molecular complexity index is 1850. The first kappa shape index (κ1) is 29.6. The van der Waals surface area contributed by atoms with Crippen LogP contribution in [0.4, 0.5) is 11.8 Å². The second kappa shape index (κ2) is 11.4. The largest absolute Gasteiger partial charge is 0.698 e. The van der Waals surface area contributed by atoms with Crippen molar-refractivity contribution >= 4 is 61.6 Å². The molecule has 2 unspecified atom stereocenters. The van der Waals surface area contributed by atoms with Gasteiger partial charge in [-0.3, -0.25) is 23.4 Å². The number of imidazole rings is 1. The number of aromatic amines is 1. The Morgan fingerprint density at radius 3 is 2.82 bits per heavy atom. The molecule has 0 amide bonds. The molecule has 4 aromatic heterocycles. The highest BCUT2D eigenvalue weighted by molar-refractivity contribution is 7.47. The summed E-state index contributed by atoms with van der Waals surface area (Å²) in [6.45, 7) is -0.856. The van der Waals surface area contributed by atoms with Crippen molar-refractivity contribution in [2.24, 2.45) is 0 Å². The number of hydrogen-bond donors (Lipinski definition) is 4. The molecule has 9 atom stereocenters. The van der Waals surface area contributed by atoms with Gasteiger partial charge in [0.2, 0.25) is 5.95 Å². The number of fused-ring (bicyclic) bond motifs is 5. The Hall–Kier alpha value is -3.07. The fraction of sp³-hybridized carbons (Fsp3) is 0.524. The smallest absolute Gasteiger partial charge is 0.382 e. The molecule has 7 rings (SSSR count). The second-order valence-corrected chi connectivity index (χ2v) is 13.1. The van der Waals surface area contributed by atoms with Crippen LogP contribution in [0.3, 0.4) is 0 Å². The number of nitrogens with one attached hydrogen (secondary N) is 1. The lowest BCUT2D eigenvalue weighted by atomic mass is 10.1. The lowest BCUT2D eigenvalue weighted by Crippen LogP contribution is -2.36. The Morgan fingerprint density at radius 2 is 2.00 bits per heavy atom. The maximum Gasteiger partial charge on any atom is 0.698 e. The molecule has 6 N–H and O–H groups in total. The van der Waals surface area contributed by atoms with E-state index in [0.29, 0.717) is 15.9 Å². The van der Waals surface area contributed by atoms with E-state index in [9.17, 15) is 18.8 Å². The predicted molar refractivity (Wildman–Crippen MR) is 148 cm³/mol. The van der Waals surface area contributed by atoms with Crippen molar-refractivity contribution in [2.45, 2.75) is 49.3 Å². The average Bonchev–Trinajstić information content (AvgIpc) is 3.75. The van der Waals surface area contributed by atoms with Gasteiger partial charge in [-0.25, -0.2) is 19.5 Å². The number of phosphoric acid groups is 1. The second-order valence-electron chi connectivity index (χ2n) is 9.94. The molecule has 0 aliphatic carbocycles. The SMILES string of the molecule is CO[C@H]1[C@H]2O[P+](=O)OC[C@H]3O[C@@H](c4snc5c(N)ncnc45)C[C@@H]3OP(=O)(O)OC[C@H]1O[C@H]2n1cnc2c(=O)[nH]c(N)nc21. The molecule has 0 spiro atoms. The van der Waals surface area contributed by atoms with Crippen molar-refractivity contribution in [3.8, 4) is 0 Å². The topological polar surface area (TPSA) is 273 Å². The minimum Gasteiger partial charge on any atom is -0.382 e. The van der Waals surface area contributed by atoms with Gasteiger partial charge in [-0.05, 0) is 11.5 Å². The van der Waals surface area contributed by atoms with Crippen LogP contribution in [0, 0.1) is 0 Å². The van der Waals surface area contributed by atoms with Gasteiger partial charge >= 0.3 is 16.1 Å². The fourth-order valence-corrected chi connectivity index (χ4v) is 7.97. The summed E-state index contributed by atoms with van der Waals surface area (Å²) in [5, 5.41) is 0. The monoisotopic (exact) mass is 672 g/mol. The lowest BCUT2D eigenvalue weighted by molar-refractivity contribution is -0.0598. The van der Waals surface area contributed by atoms with Gasteiger partial charge in [0, 0.05) is 18.1 Å². The van der Waals surface area contributed by atoms with Crippen molar-refractivity contribution in [3.05, 3.63) is 27.9 Å². The zero-order chi connectivity index (χ0) is 30.7. The molecule has 0 radical (unpaired) electrons. The molecule has 7 heterocycles. The quantitative estimate of drug-likeness (QED) is 0.218. The Labute approximate surface area is 250 Å². The van der Waals surface area contributed by atoms with Crippen LogP contribution in [0.5, 0.6) is 0 Å². The van der Waals surface area contributed by atoms with Gasteiger partial charge in [0.05, 0.1) is 23.9 Å². The number of methoxy groups -OCH3 is 1. The first-order chi connectivity index (χ1) is 21.1. The zero-order valence-electron chi connectivity index (χ0n) is 22.5. The highest BCUT2D eigenvalue weighted by Gasteiger charge is 2.54. The minimum absolute atomic E-state index is 0.0413. The third kappa shape index (κ3) is 5.29. The normalized spacial score (nSPS) is 34.0. The van der Waals surface area contributed by atoms with Gasteiger partial charge < -0.3 is 30.6 Å². The van der Waals surface area contributed by atoms with Gasteiger partial charge in [-0.2, -0.15) is 9.36 Å². The molecule has 4 aromatic rings. The first-order valence-electron chi connectivity index (χ1n) is 13.0. The first-order valence-corrected chi connectivity index (χ1v) is 16.3. The van der Waals surface area contributed by atoms with E-state index >= 15 is 0 Å². The van der Waals surface area contributed by atoms with E-state index in [1.807, 2.05) is 0 Å². The van der Waals surface area contributed by atoms with Crippen molar-refractivity contribution in [2.75, 3.05) is 31.8 Å². The summed E-state index contributed by atoms with van der Waals surface area (Å²) in [5.74, 6) is 0.0174. The molecule has 234 valence electrons. The van der Waals surface area contributed by atoms with E-state index in [1.165, 1.54) is 24.3 Å². The third-order valence-corrected chi connectivity index (χ3v) is 10.0. The van der Waals surface area contributed by atoms with E-state index in [2.05, 4.69) is 29.3 Å². The fourth-order valence-electron chi connectivity index (χ4n) is 5.38. The molecule has 2 bridgehead atoms. The van der Waals surface area contributed by atoms with Crippen LogP contribution in [0.2, 0.25) is 0 Å². The number of hydrogen-bond acceptors (Lipinski definition) is 18. The zero-order valence-corrected chi connectivity index (χ0v) is 25.1. The van der Waals surface area contributed by atoms with Crippen molar-refractivity contribution in [1.82, 2.24) is 33.9 Å². The van der Waals surface area contributed by atoms with E-state index in [4.69, 9.17) is 43.8 Å². The number of rotatable bonds is 3. The highest BCUT2D eigenvalue weighted by atomic mass is 32.1. The summed E-state index contributed by atoms with van der Waals surface area (Å²) in [4.78, 5) is 42.4. The summed E-state index contributed by atoms with van der Waals surface area (Å²) in [6, 6.07) is 0. The van der Waals surface area contributed by atoms with E-state index < -0.39 is 71.1 Å². The van der Waals surface area contributed by atoms with Gasteiger partial charge in [-0.1, -0.05) is 0 Å². The van der Waals surface area contributed by atoms with Crippen molar-refractivity contribution < 1.29 is 46.3 Å². The van der Waals surface area contributed by atoms with Crippen molar-refractivity contribution in [1.29, 1.82) is 0 Å². The van der Waals surface area contributed by atoms with E-state index in [-0.39, 0.29) is 36.0 Å².